The molecule has 1 rings (SSSR count). The summed E-state index contributed by atoms with van der Waals surface area (Å²) in [4.78, 5) is 14.7. The third-order valence-electron chi connectivity index (χ3n) is 1.43. The summed E-state index contributed by atoms with van der Waals surface area (Å²) >= 11 is 3.23. The van der Waals surface area contributed by atoms with Crippen LogP contribution in [-0.4, -0.2) is 16.1 Å². The van der Waals surface area contributed by atoms with E-state index in [2.05, 4.69) is 20.9 Å². The number of hydrogen-bond acceptors (Lipinski definition) is 3. The average Bonchev–Trinajstić information content (AvgIpc) is 2.07. The molecule has 1 aromatic heterocycles. The van der Waals surface area contributed by atoms with E-state index in [-0.39, 0.29) is 5.69 Å². The molecule has 5 heteroatoms. The summed E-state index contributed by atoms with van der Waals surface area (Å²) in [6.45, 7) is 1.21. The van der Waals surface area contributed by atoms with Gasteiger partial charge in [0.15, 0.2) is 0 Å². The summed E-state index contributed by atoms with van der Waals surface area (Å²) in [5.74, 6) is 0. The molecule has 0 aliphatic carbocycles. The van der Waals surface area contributed by atoms with E-state index in [4.69, 9.17) is 5.73 Å². The van der Waals surface area contributed by atoms with Crippen LogP contribution in [0.5, 0.6) is 0 Å². The first-order valence-electron chi connectivity index (χ1n) is 3.66. The molecule has 0 radical (unpaired) electrons. The molecule has 0 spiro atoms. The van der Waals surface area contributed by atoms with Gasteiger partial charge >= 0.3 is 5.69 Å². The fraction of sp³-hybridized carbons (Fsp3) is 0.429. The van der Waals surface area contributed by atoms with Crippen LogP contribution in [0, 0.1) is 0 Å². The Hall–Kier alpha value is -0.680. The summed E-state index contributed by atoms with van der Waals surface area (Å²) < 4.78 is 2.34. The average molecular weight is 232 g/mol. The summed E-state index contributed by atoms with van der Waals surface area (Å²) in [7, 11) is 0. The molecule has 1 heterocycles. The molecule has 1 aromatic rings. The quantitative estimate of drug-likeness (QED) is 0.818. The van der Waals surface area contributed by atoms with Gasteiger partial charge in [0.05, 0.1) is 4.47 Å². The van der Waals surface area contributed by atoms with Crippen molar-refractivity contribution in [2.45, 2.75) is 13.0 Å². The molecule has 0 saturated heterocycles. The van der Waals surface area contributed by atoms with Crippen LogP contribution >= 0.6 is 15.9 Å². The lowest BCUT2D eigenvalue weighted by Gasteiger charge is -2.02. The molecular formula is C7H10BrN3O. The number of aromatic nitrogens is 2. The zero-order valence-electron chi connectivity index (χ0n) is 6.53. The van der Waals surface area contributed by atoms with Crippen LogP contribution in [0.25, 0.3) is 0 Å². The van der Waals surface area contributed by atoms with Crippen LogP contribution in [0.1, 0.15) is 6.42 Å². The van der Waals surface area contributed by atoms with E-state index in [9.17, 15) is 4.79 Å². The van der Waals surface area contributed by atoms with Crippen LogP contribution in [0.2, 0.25) is 0 Å². The highest BCUT2D eigenvalue weighted by molar-refractivity contribution is 9.10. The topological polar surface area (TPSA) is 60.9 Å². The zero-order valence-corrected chi connectivity index (χ0v) is 8.12. The van der Waals surface area contributed by atoms with E-state index in [1.807, 2.05) is 0 Å². The molecule has 0 aromatic carbocycles. The maximum absolute atomic E-state index is 11.1. The number of rotatable bonds is 3. The lowest BCUT2D eigenvalue weighted by atomic mass is 10.4. The summed E-state index contributed by atoms with van der Waals surface area (Å²) in [5, 5.41) is 0. The van der Waals surface area contributed by atoms with Crippen LogP contribution in [-0.2, 0) is 6.54 Å². The Kier molecular flexibility index (Phi) is 3.43. The van der Waals surface area contributed by atoms with Crippen LogP contribution < -0.4 is 11.4 Å². The number of nitrogens with zero attached hydrogens (tertiary/aromatic N) is 2. The SMILES string of the molecule is NCCCn1cc(Br)cnc1=O. The molecule has 0 aliphatic rings. The third kappa shape index (κ3) is 2.42. The van der Waals surface area contributed by atoms with E-state index in [1.165, 1.54) is 10.8 Å². The van der Waals surface area contributed by atoms with Crippen molar-refractivity contribution >= 4 is 15.9 Å². The van der Waals surface area contributed by atoms with Crippen LogP contribution in [0.4, 0.5) is 0 Å². The number of halogens is 1. The Bertz CT molecular complexity index is 310. The van der Waals surface area contributed by atoms with Crippen molar-refractivity contribution < 1.29 is 0 Å². The highest BCUT2D eigenvalue weighted by atomic mass is 79.9. The van der Waals surface area contributed by atoms with Crippen molar-refractivity contribution in [3.8, 4) is 0 Å². The Morgan fingerprint density at radius 1 is 1.67 bits per heavy atom. The van der Waals surface area contributed by atoms with E-state index in [1.54, 1.807) is 6.20 Å². The fourth-order valence-corrected chi connectivity index (χ4v) is 1.20. The van der Waals surface area contributed by atoms with E-state index in [0.717, 1.165) is 10.9 Å². The number of aryl methyl sites for hydroxylation is 1. The van der Waals surface area contributed by atoms with Crippen molar-refractivity contribution in [1.29, 1.82) is 0 Å². The molecule has 66 valence electrons. The van der Waals surface area contributed by atoms with Gasteiger partial charge in [0.25, 0.3) is 0 Å². The minimum absolute atomic E-state index is 0.230. The van der Waals surface area contributed by atoms with Gasteiger partial charge in [-0.1, -0.05) is 0 Å². The van der Waals surface area contributed by atoms with Gasteiger partial charge in [0.2, 0.25) is 0 Å². The molecule has 0 unspecified atom stereocenters. The first-order valence-corrected chi connectivity index (χ1v) is 4.45. The monoisotopic (exact) mass is 231 g/mol. The highest BCUT2D eigenvalue weighted by Gasteiger charge is 1.96. The first kappa shape index (κ1) is 9.41. The summed E-state index contributed by atoms with van der Waals surface area (Å²) in [5.41, 5.74) is 5.09. The second kappa shape index (κ2) is 4.37. The predicted octanol–water partition coefficient (Wildman–Crippen LogP) is 0.355. The second-order valence-corrected chi connectivity index (χ2v) is 3.31. The van der Waals surface area contributed by atoms with Gasteiger partial charge in [0, 0.05) is 18.9 Å². The number of hydrogen-bond donors (Lipinski definition) is 1. The van der Waals surface area contributed by atoms with Crippen molar-refractivity contribution in [2.75, 3.05) is 6.54 Å². The number of nitrogens with two attached hydrogens (primary N) is 1. The molecular weight excluding hydrogens is 222 g/mol. The third-order valence-corrected chi connectivity index (χ3v) is 1.84. The van der Waals surface area contributed by atoms with Gasteiger partial charge in [-0.25, -0.2) is 9.78 Å². The predicted molar refractivity (Wildman–Crippen MR) is 49.9 cm³/mol. The molecule has 0 atom stereocenters. The van der Waals surface area contributed by atoms with Crippen molar-refractivity contribution in [3.05, 3.63) is 27.4 Å². The minimum Gasteiger partial charge on any atom is -0.330 e. The van der Waals surface area contributed by atoms with Gasteiger partial charge in [-0.3, -0.25) is 4.57 Å². The van der Waals surface area contributed by atoms with Gasteiger partial charge in [-0.15, -0.1) is 0 Å². The second-order valence-electron chi connectivity index (χ2n) is 2.39. The van der Waals surface area contributed by atoms with Gasteiger partial charge in [-0.05, 0) is 28.9 Å². The standard InChI is InChI=1S/C7H10BrN3O/c8-6-4-10-7(12)11(5-6)3-1-2-9/h4-5H,1-3,9H2. The van der Waals surface area contributed by atoms with Crippen molar-refractivity contribution in [2.24, 2.45) is 5.73 Å². The molecule has 0 bridgehead atoms. The molecule has 0 amide bonds. The molecule has 12 heavy (non-hydrogen) atoms. The Balaban J connectivity index is 2.83. The molecule has 2 N–H and O–H groups in total. The van der Waals surface area contributed by atoms with Gasteiger partial charge < -0.3 is 5.73 Å². The lowest BCUT2D eigenvalue weighted by molar-refractivity contribution is 0.612. The van der Waals surface area contributed by atoms with E-state index >= 15 is 0 Å². The maximum atomic E-state index is 11.1. The first-order chi connectivity index (χ1) is 5.74. The lowest BCUT2D eigenvalue weighted by Crippen LogP contribution is -2.23. The molecule has 0 saturated carbocycles. The molecule has 0 aliphatic heterocycles. The zero-order chi connectivity index (χ0) is 8.97. The smallest absolute Gasteiger partial charge is 0.330 e. The van der Waals surface area contributed by atoms with Crippen LogP contribution in [0.15, 0.2) is 21.7 Å². The van der Waals surface area contributed by atoms with Gasteiger partial charge in [-0.2, -0.15) is 0 Å². The minimum atomic E-state index is -0.230. The van der Waals surface area contributed by atoms with Crippen molar-refractivity contribution in [1.82, 2.24) is 9.55 Å². The summed E-state index contributed by atoms with van der Waals surface area (Å²) in [6.07, 6.45) is 3.99. The van der Waals surface area contributed by atoms with E-state index < -0.39 is 0 Å². The largest absolute Gasteiger partial charge is 0.347 e. The highest BCUT2D eigenvalue weighted by Crippen LogP contribution is 2.03. The molecule has 0 fully saturated rings. The maximum Gasteiger partial charge on any atom is 0.347 e. The Labute approximate surface area is 78.5 Å². The molecule has 4 nitrogen and oxygen atoms in total. The van der Waals surface area contributed by atoms with E-state index in [0.29, 0.717) is 13.1 Å². The normalized spacial score (nSPS) is 10.2. The Morgan fingerprint density at radius 3 is 3.08 bits per heavy atom. The Morgan fingerprint density at radius 2 is 2.42 bits per heavy atom. The summed E-state index contributed by atoms with van der Waals surface area (Å²) in [6, 6.07) is 0. The fourth-order valence-electron chi connectivity index (χ4n) is 0.850. The van der Waals surface area contributed by atoms with Gasteiger partial charge in [0.1, 0.15) is 0 Å². The van der Waals surface area contributed by atoms with Crippen molar-refractivity contribution in [3.63, 3.8) is 0 Å². The van der Waals surface area contributed by atoms with Crippen LogP contribution in [0.3, 0.4) is 0 Å².